The third-order valence-corrected chi connectivity index (χ3v) is 12.2. The third-order valence-electron chi connectivity index (χ3n) is 12.2. The molecule has 6 rings (SSSR count). The Bertz CT molecular complexity index is 1080. The minimum Gasteiger partial charge on any atom is -0.458 e. The van der Waals surface area contributed by atoms with E-state index in [1.165, 1.54) is 13.0 Å². The number of aliphatic hydroxyl groups excluding tert-OH is 6. The van der Waals surface area contributed by atoms with Gasteiger partial charge in [0.15, 0.2) is 6.29 Å². The molecule has 2 aliphatic heterocycles. The first-order valence-electron chi connectivity index (χ1n) is 14.9. The van der Waals surface area contributed by atoms with Gasteiger partial charge in [0.1, 0.15) is 24.9 Å². The highest BCUT2D eigenvalue weighted by atomic mass is 16.7. The molecule has 1 saturated heterocycles. The summed E-state index contributed by atoms with van der Waals surface area (Å²) in [5.41, 5.74) is -4.46. The fourth-order valence-corrected chi connectivity index (χ4v) is 10.1. The average molecular weight is 585 g/mol. The number of fused-ring (bicyclic) bond motifs is 5. The smallest absolute Gasteiger partial charge is 0.331 e. The molecule has 232 valence electrons. The summed E-state index contributed by atoms with van der Waals surface area (Å²) in [5.74, 6) is -1.93. The highest BCUT2D eigenvalue weighted by molar-refractivity contribution is 5.85. The predicted octanol–water partition coefficient (Wildman–Crippen LogP) is -1.51. The van der Waals surface area contributed by atoms with Crippen molar-refractivity contribution in [3.05, 3.63) is 11.6 Å². The standard InChI is InChI=1S/C29H44O12/c1-13-22(34)23(35)24(36)25(40-13)41-15-8-19(32)28(12-30)21-17(3-5-27(28,37)9-15)29(38)6-4-16(14-7-20(33)39-11-14)26(29,2)10-18(21)31/h7,13,15-19,21-25,30-32,34-38H,3-6,8-12H2,1-2H3/t13?,15-,16+,17+,18+,19+,21+,22-,23-,24?,25-,26+,27-,28+,29-/m0/s1. The third kappa shape index (κ3) is 3.99. The number of cyclic esters (lactones) is 1. The molecule has 12 heteroatoms. The van der Waals surface area contributed by atoms with Gasteiger partial charge in [0.05, 0.1) is 47.6 Å². The average Bonchev–Trinajstić information content (AvgIpc) is 3.45. The zero-order valence-corrected chi connectivity index (χ0v) is 23.5. The van der Waals surface area contributed by atoms with Crippen LogP contribution in [0.1, 0.15) is 58.8 Å². The van der Waals surface area contributed by atoms with E-state index in [-0.39, 0.29) is 38.2 Å². The van der Waals surface area contributed by atoms with Crippen LogP contribution in [0.3, 0.4) is 0 Å². The minimum atomic E-state index is -1.67. The SMILES string of the molecule is CC1O[C@@H](O[C@H]2C[C@@H](O)[C@]3(CO)[C@H]4[C@H](O)C[C@]5(C)[C@@H](C6=CC(=O)OC6)CC[C@]5(O)[C@@H]4CC[C@]3(O)C2)C(O)[C@@H](O)[C@H]1O. The molecular weight excluding hydrogens is 540 g/mol. The van der Waals surface area contributed by atoms with Crippen LogP contribution in [0.5, 0.6) is 0 Å². The van der Waals surface area contributed by atoms with Gasteiger partial charge in [0.25, 0.3) is 0 Å². The lowest BCUT2D eigenvalue weighted by atomic mass is 9.40. The number of rotatable bonds is 4. The summed E-state index contributed by atoms with van der Waals surface area (Å²) in [6.45, 7) is 3.00. The van der Waals surface area contributed by atoms with Gasteiger partial charge >= 0.3 is 5.97 Å². The largest absolute Gasteiger partial charge is 0.458 e. The second-order valence-corrected chi connectivity index (χ2v) is 13.8. The number of ether oxygens (including phenoxy) is 3. The molecule has 0 aromatic rings. The molecule has 15 atom stereocenters. The number of aliphatic hydroxyl groups is 8. The van der Waals surface area contributed by atoms with E-state index < -0.39 is 95.5 Å². The minimum absolute atomic E-state index is 0.0369. The van der Waals surface area contributed by atoms with E-state index in [0.29, 0.717) is 19.3 Å². The zero-order chi connectivity index (χ0) is 29.7. The highest BCUT2D eigenvalue weighted by Gasteiger charge is 2.75. The van der Waals surface area contributed by atoms with Crippen LogP contribution in [0.2, 0.25) is 0 Å². The van der Waals surface area contributed by atoms with Gasteiger partial charge in [0, 0.05) is 30.3 Å². The van der Waals surface area contributed by atoms with Crippen LogP contribution in [-0.2, 0) is 19.0 Å². The molecule has 12 nitrogen and oxygen atoms in total. The first-order valence-corrected chi connectivity index (χ1v) is 14.9. The molecule has 5 fully saturated rings. The number of hydrogen-bond acceptors (Lipinski definition) is 12. The van der Waals surface area contributed by atoms with Crippen molar-refractivity contribution in [2.45, 2.75) is 119 Å². The van der Waals surface area contributed by atoms with Gasteiger partial charge in [-0.3, -0.25) is 0 Å². The number of esters is 1. The Morgan fingerprint density at radius 2 is 1.76 bits per heavy atom. The molecule has 0 spiro atoms. The lowest BCUT2D eigenvalue weighted by Gasteiger charge is -2.68. The molecule has 6 aliphatic rings. The zero-order valence-electron chi connectivity index (χ0n) is 23.5. The Labute approximate surface area is 238 Å². The molecule has 8 N–H and O–H groups in total. The molecule has 0 bridgehead atoms. The molecule has 4 saturated carbocycles. The van der Waals surface area contributed by atoms with Gasteiger partial charge in [0.2, 0.25) is 0 Å². The Balaban J connectivity index is 1.28. The van der Waals surface area contributed by atoms with E-state index in [4.69, 9.17) is 14.2 Å². The second kappa shape index (κ2) is 9.91. The van der Waals surface area contributed by atoms with Crippen LogP contribution >= 0.6 is 0 Å². The molecule has 41 heavy (non-hydrogen) atoms. The molecule has 0 aromatic carbocycles. The van der Waals surface area contributed by atoms with Crippen LogP contribution in [0.25, 0.3) is 0 Å². The fraction of sp³-hybridized carbons (Fsp3) is 0.897. The van der Waals surface area contributed by atoms with Crippen LogP contribution < -0.4 is 0 Å². The van der Waals surface area contributed by atoms with Gasteiger partial charge in [-0.05, 0) is 56.4 Å². The lowest BCUT2D eigenvalue weighted by Crippen LogP contribution is -2.76. The summed E-state index contributed by atoms with van der Waals surface area (Å²) >= 11 is 0. The lowest BCUT2D eigenvalue weighted by molar-refractivity contribution is -0.342. The van der Waals surface area contributed by atoms with Crippen molar-refractivity contribution in [3.8, 4) is 0 Å². The maximum Gasteiger partial charge on any atom is 0.331 e. The normalized spacial score (nSPS) is 56.9. The second-order valence-electron chi connectivity index (χ2n) is 13.8. The van der Waals surface area contributed by atoms with Crippen molar-refractivity contribution in [2.24, 2.45) is 28.6 Å². The summed E-state index contributed by atoms with van der Waals surface area (Å²) in [6, 6.07) is 0. The first-order chi connectivity index (χ1) is 19.2. The Kier molecular flexibility index (Phi) is 7.22. The van der Waals surface area contributed by atoms with E-state index in [9.17, 15) is 45.6 Å². The summed E-state index contributed by atoms with van der Waals surface area (Å²) in [6.07, 6.45) is -6.68. The predicted molar refractivity (Wildman–Crippen MR) is 139 cm³/mol. The molecule has 0 aromatic heterocycles. The van der Waals surface area contributed by atoms with E-state index in [1.807, 2.05) is 6.92 Å². The van der Waals surface area contributed by atoms with Crippen LogP contribution in [0.4, 0.5) is 0 Å². The Morgan fingerprint density at radius 3 is 2.41 bits per heavy atom. The number of carbonyl (C=O) groups is 1. The van der Waals surface area contributed by atoms with Crippen molar-refractivity contribution in [1.82, 2.24) is 0 Å². The number of hydrogen-bond donors (Lipinski definition) is 8. The Hall–Kier alpha value is -1.19. The van der Waals surface area contributed by atoms with E-state index in [2.05, 4.69) is 0 Å². The van der Waals surface area contributed by atoms with E-state index in [0.717, 1.165) is 5.57 Å². The molecule has 2 unspecified atom stereocenters. The van der Waals surface area contributed by atoms with E-state index >= 15 is 0 Å². The summed E-state index contributed by atoms with van der Waals surface area (Å²) in [4.78, 5) is 11.8. The topological polar surface area (TPSA) is 207 Å². The maximum atomic E-state index is 12.4. The summed E-state index contributed by atoms with van der Waals surface area (Å²) in [5, 5.41) is 89.6. The van der Waals surface area contributed by atoms with Crippen molar-refractivity contribution in [1.29, 1.82) is 0 Å². The van der Waals surface area contributed by atoms with E-state index in [1.54, 1.807) is 0 Å². The van der Waals surface area contributed by atoms with Crippen LogP contribution in [-0.4, -0.2) is 120 Å². The fourth-order valence-electron chi connectivity index (χ4n) is 10.1. The molecule has 4 aliphatic carbocycles. The Morgan fingerprint density at radius 1 is 1.02 bits per heavy atom. The quantitative estimate of drug-likeness (QED) is 0.140. The summed E-state index contributed by atoms with van der Waals surface area (Å²) in [7, 11) is 0. The molecule has 0 amide bonds. The van der Waals surface area contributed by atoms with Gasteiger partial charge in [-0.25, -0.2) is 4.79 Å². The van der Waals surface area contributed by atoms with Crippen molar-refractivity contribution in [2.75, 3.05) is 13.2 Å². The van der Waals surface area contributed by atoms with Gasteiger partial charge in [-0.1, -0.05) is 6.92 Å². The monoisotopic (exact) mass is 584 g/mol. The highest BCUT2D eigenvalue weighted by Crippen LogP contribution is 2.70. The van der Waals surface area contributed by atoms with Gasteiger partial charge in [-0.2, -0.15) is 0 Å². The molecular formula is C29H44O12. The van der Waals surface area contributed by atoms with Gasteiger partial charge in [-0.15, -0.1) is 0 Å². The van der Waals surface area contributed by atoms with Crippen molar-refractivity contribution < 1.29 is 59.9 Å². The summed E-state index contributed by atoms with van der Waals surface area (Å²) < 4.78 is 16.7. The van der Waals surface area contributed by atoms with Crippen LogP contribution in [0.15, 0.2) is 11.6 Å². The first kappa shape index (κ1) is 29.9. The van der Waals surface area contributed by atoms with Gasteiger partial charge < -0.3 is 55.1 Å². The van der Waals surface area contributed by atoms with Crippen molar-refractivity contribution in [3.63, 3.8) is 0 Å². The molecule has 2 heterocycles. The number of carbonyl (C=O) groups excluding carboxylic acids is 1. The van der Waals surface area contributed by atoms with Crippen LogP contribution in [0, 0.1) is 28.6 Å². The van der Waals surface area contributed by atoms with Crippen molar-refractivity contribution >= 4 is 5.97 Å². The maximum absolute atomic E-state index is 12.4. The molecule has 0 radical (unpaired) electrons.